The molecule has 0 saturated carbocycles. The first-order valence-corrected chi connectivity index (χ1v) is 6.83. The molecule has 0 heterocycles. The van der Waals surface area contributed by atoms with Gasteiger partial charge in [0.2, 0.25) is 5.79 Å². The second kappa shape index (κ2) is 6.35. The fraction of sp³-hybridized carbons (Fsp3) is 0.267. The maximum Gasteiger partial charge on any atom is 0.248 e. The van der Waals surface area contributed by atoms with Gasteiger partial charge in [0.05, 0.1) is 18.5 Å². The van der Waals surface area contributed by atoms with Crippen molar-refractivity contribution < 1.29 is 14.2 Å². The Balaban J connectivity index is 2.38. The fourth-order valence-corrected chi connectivity index (χ4v) is 2.31. The summed E-state index contributed by atoms with van der Waals surface area (Å²) in [5, 5.41) is 0. The number of ether oxygens (including phenoxy) is 3. The van der Waals surface area contributed by atoms with Crippen molar-refractivity contribution in [3.8, 4) is 0 Å². The second-order valence-electron chi connectivity index (χ2n) is 4.11. The van der Waals surface area contributed by atoms with E-state index in [-0.39, 0.29) is 0 Å². The summed E-state index contributed by atoms with van der Waals surface area (Å²) in [6.07, 6.45) is 5.42. The smallest absolute Gasteiger partial charge is 0.248 e. The first-order valence-electron chi connectivity index (χ1n) is 6.04. The monoisotopic (exact) mass is 337 g/mol. The van der Waals surface area contributed by atoms with Gasteiger partial charge in [-0.15, -0.1) is 0 Å². The zero-order chi connectivity index (χ0) is 14.6. The fourth-order valence-electron chi connectivity index (χ4n) is 1.93. The van der Waals surface area contributed by atoms with Gasteiger partial charge in [0, 0.05) is 24.8 Å². The van der Waals surface area contributed by atoms with Crippen LogP contribution in [0.5, 0.6) is 0 Å². The van der Waals surface area contributed by atoms with Crippen LogP contribution in [0, 0.1) is 0 Å². The van der Waals surface area contributed by atoms with Gasteiger partial charge in [-0.2, -0.15) is 0 Å². The number of aliphatic imine (C=N–C) groups is 1. The van der Waals surface area contributed by atoms with Crippen LogP contribution in [0.15, 0.2) is 57.7 Å². The summed E-state index contributed by atoms with van der Waals surface area (Å²) in [6, 6.07) is 7.76. The predicted molar refractivity (Wildman–Crippen MR) is 82.2 cm³/mol. The zero-order valence-corrected chi connectivity index (χ0v) is 13.2. The molecule has 0 atom stereocenters. The number of hydrogen-bond acceptors (Lipinski definition) is 4. The van der Waals surface area contributed by atoms with E-state index in [9.17, 15) is 0 Å². The van der Waals surface area contributed by atoms with Crippen molar-refractivity contribution in [1.82, 2.24) is 0 Å². The highest BCUT2D eigenvalue weighted by Crippen LogP contribution is 2.30. The molecule has 4 nitrogen and oxygen atoms in total. The van der Waals surface area contributed by atoms with Gasteiger partial charge < -0.3 is 14.2 Å². The molecule has 0 spiro atoms. The van der Waals surface area contributed by atoms with Crippen LogP contribution in [0.4, 0.5) is 5.69 Å². The minimum absolute atomic E-state index is 0.552. The molecule has 0 unspecified atom stereocenters. The largest absolute Gasteiger partial charge is 0.495 e. The van der Waals surface area contributed by atoms with Crippen molar-refractivity contribution in [3.63, 3.8) is 0 Å². The van der Waals surface area contributed by atoms with E-state index in [1.54, 1.807) is 33.5 Å². The molecule has 20 heavy (non-hydrogen) atoms. The second-order valence-corrected chi connectivity index (χ2v) is 4.96. The highest BCUT2D eigenvalue weighted by molar-refractivity contribution is 9.10. The van der Waals surface area contributed by atoms with Gasteiger partial charge in [0.15, 0.2) is 5.76 Å². The number of halogens is 1. The highest BCUT2D eigenvalue weighted by atomic mass is 79.9. The topological polar surface area (TPSA) is 40.0 Å². The summed E-state index contributed by atoms with van der Waals surface area (Å²) < 4.78 is 17.1. The summed E-state index contributed by atoms with van der Waals surface area (Å²) in [5.41, 5.74) is 1.61. The van der Waals surface area contributed by atoms with Gasteiger partial charge in [-0.05, 0) is 40.2 Å². The first kappa shape index (κ1) is 15.0. The molecule has 1 aliphatic carbocycles. The van der Waals surface area contributed by atoms with E-state index >= 15 is 0 Å². The molecule has 106 valence electrons. The number of benzene rings is 1. The zero-order valence-electron chi connectivity index (χ0n) is 11.6. The van der Waals surface area contributed by atoms with E-state index in [2.05, 4.69) is 20.9 Å². The third kappa shape index (κ3) is 2.85. The predicted octanol–water partition coefficient (Wildman–Crippen LogP) is 3.61. The minimum atomic E-state index is -0.984. The number of para-hydroxylation sites is 1. The Morgan fingerprint density at radius 2 is 1.80 bits per heavy atom. The van der Waals surface area contributed by atoms with Crippen molar-refractivity contribution in [3.05, 3.63) is 52.7 Å². The lowest BCUT2D eigenvalue weighted by atomic mass is 10.1. The first-order chi connectivity index (χ1) is 9.65. The lowest BCUT2D eigenvalue weighted by Crippen LogP contribution is -2.37. The van der Waals surface area contributed by atoms with E-state index in [1.807, 2.05) is 30.3 Å². The van der Waals surface area contributed by atoms with Gasteiger partial charge in [-0.3, -0.25) is 0 Å². The molecule has 1 aliphatic rings. The van der Waals surface area contributed by atoms with Crippen molar-refractivity contribution in [2.75, 3.05) is 21.3 Å². The Kier molecular flexibility index (Phi) is 4.75. The van der Waals surface area contributed by atoms with E-state index in [4.69, 9.17) is 14.2 Å². The van der Waals surface area contributed by atoms with Crippen molar-refractivity contribution in [1.29, 1.82) is 0 Å². The molecular weight excluding hydrogens is 322 g/mol. The van der Waals surface area contributed by atoms with E-state index in [0.717, 1.165) is 15.9 Å². The number of rotatable bonds is 4. The molecule has 0 saturated heterocycles. The van der Waals surface area contributed by atoms with Crippen molar-refractivity contribution in [2.24, 2.45) is 4.99 Å². The minimum Gasteiger partial charge on any atom is -0.495 e. The lowest BCUT2D eigenvalue weighted by Gasteiger charge is -2.30. The average molecular weight is 338 g/mol. The molecular formula is C15H16BrNO3. The van der Waals surface area contributed by atoms with Crippen LogP contribution in [0.1, 0.15) is 0 Å². The molecule has 0 N–H and O–H groups in total. The molecule has 0 bridgehead atoms. The molecule has 0 aromatic heterocycles. The average Bonchev–Trinajstić information content (AvgIpc) is 2.49. The van der Waals surface area contributed by atoms with Gasteiger partial charge in [0.25, 0.3) is 0 Å². The van der Waals surface area contributed by atoms with Gasteiger partial charge in [0.1, 0.15) is 0 Å². The Hall–Kier alpha value is -1.43. The van der Waals surface area contributed by atoms with Crippen molar-refractivity contribution >= 4 is 27.3 Å². The summed E-state index contributed by atoms with van der Waals surface area (Å²) in [6.45, 7) is 0. The number of hydrogen-bond donors (Lipinski definition) is 0. The molecule has 0 aliphatic heterocycles. The number of nitrogens with zero attached hydrogens (tertiary/aromatic N) is 1. The maximum atomic E-state index is 5.39. The van der Waals surface area contributed by atoms with E-state index < -0.39 is 5.79 Å². The summed E-state index contributed by atoms with van der Waals surface area (Å²) in [7, 11) is 4.71. The standard InChI is InChI=1S/C15H16BrNO3/c1-18-14-10-11(8-9-15(14,19-2)20-3)17-13-7-5-4-6-12(13)16/h4-10H,1-3H3. The van der Waals surface area contributed by atoms with Gasteiger partial charge >= 0.3 is 0 Å². The van der Waals surface area contributed by atoms with Crippen LogP contribution in [0.2, 0.25) is 0 Å². The van der Waals surface area contributed by atoms with Crippen LogP contribution in [-0.2, 0) is 14.2 Å². The molecule has 5 heteroatoms. The normalized spacial score (nSPS) is 19.0. The highest BCUT2D eigenvalue weighted by Gasteiger charge is 2.35. The van der Waals surface area contributed by atoms with Crippen LogP contribution in [0.3, 0.4) is 0 Å². The molecule has 0 amide bonds. The van der Waals surface area contributed by atoms with Gasteiger partial charge in [-0.1, -0.05) is 12.1 Å². The Bertz CT molecular complexity index is 574. The van der Waals surface area contributed by atoms with Gasteiger partial charge in [-0.25, -0.2) is 4.99 Å². The Labute approximate surface area is 126 Å². The quantitative estimate of drug-likeness (QED) is 0.788. The Morgan fingerprint density at radius 3 is 2.40 bits per heavy atom. The van der Waals surface area contributed by atoms with Crippen LogP contribution >= 0.6 is 15.9 Å². The van der Waals surface area contributed by atoms with Crippen LogP contribution < -0.4 is 0 Å². The summed E-state index contributed by atoms with van der Waals surface area (Å²) >= 11 is 3.47. The SMILES string of the molecule is COC1=CC(=Nc2ccccc2Br)C=CC1(OC)OC. The van der Waals surface area contributed by atoms with Crippen LogP contribution in [0.25, 0.3) is 0 Å². The third-order valence-electron chi connectivity index (χ3n) is 3.02. The van der Waals surface area contributed by atoms with Crippen LogP contribution in [-0.4, -0.2) is 32.8 Å². The molecule has 2 rings (SSSR count). The molecule has 1 aromatic carbocycles. The van der Waals surface area contributed by atoms with E-state index in [0.29, 0.717) is 5.76 Å². The number of methoxy groups -OCH3 is 3. The summed E-state index contributed by atoms with van der Waals surface area (Å²) in [4.78, 5) is 4.57. The van der Waals surface area contributed by atoms with Crippen molar-refractivity contribution in [2.45, 2.75) is 5.79 Å². The third-order valence-corrected chi connectivity index (χ3v) is 3.69. The number of allylic oxidation sites excluding steroid dienone is 2. The molecule has 1 aromatic rings. The van der Waals surface area contributed by atoms with E-state index in [1.165, 1.54) is 0 Å². The Morgan fingerprint density at radius 1 is 1.10 bits per heavy atom. The summed E-state index contributed by atoms with van der Waals surface area (Å²) in [5.74, 6) is -0.433. The molecule has 0 fully saturated rings. The molecule has 0 radical (unpaired) electrons. The lowest BCUT2D eigenvalue weighted by molar-refractivity contribution is -0.165. The maximum absolute atomic E-state index is 5.39.